The van der Waals surface area contributed by atoms with E-state index in [0.29, 0.717) is 10.6 Å². The van der Waals surface area contributed by atoms with Crippen molar-refractivity contribution in [2.24, 2.45) is 0 Å². The smallest absolute Gasteiger partial charge is 0.331 e. The van der Waals surface area contributed by atoms with Crippen molar-refractivity contribution in [3.05, 3.63) is 59.2 Å². The summed E-state index contributed by atoms with van der Waals surface area (Å²) in [7, 11) is 0. The second-order valence-electron chi connectivity index (χ2n) is 3.84. The number of hydrogen-bond donors (Lipinski definition) is 0. The zero-order chi connectivity index (χ0) is 14.3. The van der Waals surface area contributed by atoms with E-state index in [1.807, 2.05) is 6.92 Å². The van der Waals surface area contributed by atoms with Crippen LogP contribution in [-0.4, -0.2) is 17.9 Å². The summed E-state index contributed by atoms with van der Waals surface area (Å²) in [5.41, 5.74) is 0.422. The Balaban J connectivity index is 2.65. The molecule has 1 unspecified atom stereocenters. The Kier molecular flexibility index (Phi) is 6.03. The predicted octanol–water partition coefficient (Wildman–Crippen LogP) is 3.59. The summed E-state index contributed by atoms with van der Waals surface area (Å²) in [6, 6.07) is 6.53. The fourth-order valence-electron chi connectivity index (χ4n) is 1.39. The predicted molar refractivity (Wildman–Crippen MR) is 75.3 cm³/mol. The maximum atomic E-state index is 12.0. The molecule has 0 bridgehead atoms. The molecule has 0 aliphatic rings. The minimum Gasteiger partial charge on any atom is -0.451 e. The van der Waals surface area contributed by atoms with Gasteiger partial charge >= 0.3 is 5.97 Å². The van der Waals surface area contributed by atoms with Crippen LogP contribution in [0.25, 0.3) is 0 Å². The van der Waals surface area contributed by atoms with Gasteiger partial charge in [0.1, 0.15) is 0 Å². The van der Waals surface area contributed by atoms with Crippen molar-refractivity contribution in [3.63, 3.8) is 0 Å². The van der Waals surface area contributed by atoms with Crippen molar-refractivity contribution in [2.45, 2.75) is 20.0 Å². The number of carbonyl (C=O) groups excluding carboxylic acids is 2. The van der Waals surface area contributed by atoms with Gasteiger partial charge in [-0.15, -0.1) is 0 Å². The van der Waals surface area contributed by atoms with E-state index in [1.54, 1.807) is 42.5 Å². The lowest BCUT2D eigenvalue weighted by molar-refractivity contribution is -0.140. The third-order valence-corrected chi connectivity index (χ3v) is 2.54. The minimum absolute atomic E-state index is 0.282. The topological polar surface area (TPSA) is 43.4 Å². The maximum absolute atomic E-state index is 12.0. The van der Waals surface area contributed by atoms with Gasteiger partial charge in [0.05, 0.1) is 0 Å². The van der Waals surface area contributed by atoms with Gasteiger partial charge in [-0.05, 0) is 26.0 Å². The first-order chi connectivity index (χ1) is 9.04. The molecule has 0 heterocycles. The van der Waals surface area contributed by atoms with Crippen molar-refractivity contribution >= 4 is 23.4 Å². The van der Waals surface area contributed by atoms with E-state index >= 15 is 0 Å². The number of esters is 1. The van der Waals surface area contributed by atoms with Crippen LogP contribution in [0.1, 0.15) is 24.2 Å². The molecule has 0 aliphatic carbocycles. The Bertz CT molecular complexity index is 518. The summed E-state index contributed by atoms with van der Waals surface area (Å²) < 4.78 is 5.00. The highest BCUT2D eigenvalue weighted by molar-refractivity contribution is 6.31. The van der Waals surface area contributed by atoms with Gasteiger partial charge in [0, 0.05) is 16.7 Å². The van der Waals surface area contributed by atoms with Crippen LogP contribution < -0.4 is 0 Å². The van der Waals surface area contributed by atoms with E-state index in [4.69, 9.17) is 16.3 Å². The molecular weight excluding hydrogens is 264 g/mol. The maximum Gasteiger partial charge on any atom is 0.331 e. The molecule has 0 radical (unpaired) electrons. The Morgan fingerprint density at radius 2 is 2.05 bits per heavy atom. The van der Waals surface area contributed by atoms with Crippen LogP contribution in [0.4, 0.5) is 0 Å². The lowest BCUT2D eigenvalue weighted by atomic mass is 10.1. The van der Waals surface area contributed by atoms with Gasteiger partial charge in [-0.25, -0.2) is 4.79 Å². The number of benzene rings is 1. The summed E-state index contributed by atoms with van der Waals surface area (Å²) in [6.45, 7) is 3.37. The second kappa shape index (κ2) is 7.54. The van der Waals surface area contributed by atoms with Crippen LogP contribution in [0.15, 0.2) is 48.6 Å². The molecule has 0 fully saturated rings. The number of halogens is 1. The van der Waals surface area contributed by atoms with E-state index in [0.717, 1.165) is 0 Å². The van der Waals surface area contributed by atoms with E-state index in [-0.39, 0.29) is 5.78 Å². The van der Waals surface area contributed by atoms with Gasteiger partial charge in [-0.3, -0.25) is 4.79 Å². The van der Waals surface area contributed by atoms with Crippen LogP contribution in [0.3, 0.4) is 0 Å². The van der Waals surface area contributed by atoms with Crippen molar-refractivity contribution < 1.29 is 14.3 Å². The zero-order valence-electron chi connectivity index (χ0n) is 10.8. The largest absolute Gasteiger partial charge is 0.451 e. The number of rotatable bonds is 5. The first-order valence-electron chi connectivity index (χ1n) is 5.84. The molecule has 0 saturated heterocycles. The molecule has 0 saturated carbocycles. The molecule has 0 spiro atoms. The van der Waals surface area contributed by atoms with Gasteiger partial charge in [0.2, 0.25) is 5.78 Å². The SMILES string of the molecule is C/C=C/C=C/C(=O)OC(C)C(=O)c1cccc(Cl)c1. The number of carbonyl (C=O) groups is 2. The molecule has 1 aromatic carbocycles. The normalized spacial score (nSPS) is 12.8. The molecule has 0 aliphatic heterocycles. The van der Waals surface area contributed by atoms with Crippen LogP contribution in [0, 0.1) is 0 Å². The molecule has 19 heavy (non-hydrogen) atoms. The summed E-state index contributed by atoms with van der Waals surface area (Å²) in [6.07, 6.45) is 5.46. The fourth-order valence-corrected chi connectivity index (χ4v) is 1.58. The third kappa shape index (κ3) is 5.10. The van der Waals surface area contributed by atoms with E-state index < -0.39 is 12.1 Å². The van der Waals surface area contributed by atoms with Crippen molar-refractivity contribution in [3.8, 4) is 0 Å². The number of Topliss-reactive ketones (excluding diaryl/α,β-unsaturated/α-hetero) is 1. The average Bonchev–Trinajstić information content (AvgIpc) is 2.38. The third-order valence-electron chi connectivity index (χ3n) is 2.31. The summed E-state index contributed by atoms with van der Waals surface area (Å²) in [4.78, 5) is 23.4. The van der Waals surface area contributed by atoms with Crippen LogP contribution >= 0.6 is 11.6 Å². The molecule has 1 aromatic rings. The number of allylic oxidation sites excluding steroid dienone is 3. The molecule has 4 heteroatoms. The molecule has 0 aromatic heterocycles. The van der Waals surface area contributed by atoms with Crippen molar-refractivity contribution in [2.75, 3.05) is 0 Å². The molecule has 3 nitrogen and oxygen atoms in total. The molecule has 1 rings (SSSR count). The van der Waals surface area contributed by atoms with Crippen LogP contribution in [0.5, 0.6) is 0 Å². The Morgan fingerprint density at radius 3 is 2.68 bits per heavy atom. The standard InChI is InChI=1S/C15H15ClO3/c1-3-4-5-9-14(17)19-11(2)15(18)12-7-6-8-13(16)10-12/h3-11H,1-2H3/b4-3+,9-5+. The van der Waals surface area contributed by atoms with Crippen LogP contribution in [0.2, 0.25) is 5.02 Å². The summed E-state index contributed by atoms with van der Waals surface area (Å²) in [5, 5.41) is 0.470. The molecule has 1 atom stereocenters. The lowest BCUT2D eigenvalue weighted by Crippen LogP contribution is -2.23. The zero-order valence-corrected chi connectivity index (χ0v) is 11.6. The Hall–Kier alpha value is -1.87. The number of hydrogen-bond acceptors (Lipinski definition) is 3. The first-order valence-corrected chi connectivity index (χ1v) is 6.22. The lowest BCUT2D eigenvalue weighted by Gasteiger charge is -2.10. The van der Waals surface area contributed by atoms with E-state index in [2.05, 4.69) is 0 Å². The summed E-state index contributed by atoms with van der Waals surface area (Å²) >= 11 is 5.81. The van der Waals surface area contributed by atoms with Gasteiger partial charge in [0.25, 0.3) is 0 Å². The molecule has 0 N–H and O–H groups in total. The molecular formula is C15H15ClO3. The highest BCUT2D eigenvalue weighted by atomic mass is 35.5. The second-order valence-corrected chi connectivity index (χ2v) is 4.28. The average molecular weight is 279 g/mol. The van der Waals surface area contributed by atoms with Crippen LogP contribution in [-0.2, 0) is 9.53 Å². The highest BCUT2D eigenvalue weighted by Crippen LogP contribution is 2.13. The fraction of sp³-hybridized carbons (Fsp3) is 0.200. The quantitative estimate of drug-likeness (QED) is 0.358. The molecule has 100 valence electrons. The molecule has 0 amide bonds. The Morgan fingerprint density at radius 1 is 1.32 bits per heavy atom. The van der Waals surface area contributed by atoms with Gasteiger partial charge in [-0.2, -0.15) is 0 Å². The van der Waals surface area contributed by atoms with Gasteiger partial charge < -0.3 is 4.74 Å². The van der Waals surface area contributed by atoms with Crippen molar-refractivity contribution in [1.29, 1.82) is 0 Å². The van der Waals surface area contributed by atoms with Gasteiger partial charge in [-0.1, -0.05) is 42.0 Å². The number of ketones is 1. The monoisotopic (exact) mass is 278 g/mol. The first kappa shape index (κ1) is 15.2. The highest BCUT2D eigenvalue weighted by Gasteiger charge is 2.18. The van der Waals surface area contributed by atoms with Crippen molar-refractivity contribution in [1.82, 2.24) is 0 Å². The van der Waals surface area contributed by atoms with E-state index in [1.165, 1.54) is 13.0 Å². The minimum atomic E-state index is -0.846. The van der Waals surface area contributed by atoms with E-state index in [9.17, 15) is 9.59 Å². The van der Waals surface area contributed by atoms with Gasteiger partial charge in [0.15, 0.2) is 6.10 Å². The number of ether oxygens (including phenoxy) is 1. The summed E-state index contributed by atoms with van der Waals surface area (Å²) in [5.74, 6) is -0.837. The Labute approximate surface area is 117 Å².